The van der Waals surface area contributed by atoms with Gasteiger partial charge in [-0.2, -0.15) is 0 Å². The largest absolute Gasteiger partial charge is 0.481 e. The lowest BCUT2D eigenvalue weighted by Gasteiger charge is -2.03. The summed E-state index contributed by atoms with van der Waals surface area (Å²) in [5, 5.41) is 9.29. The van der Waals surface area contributed by atoms with E-state index >= 15 is 0 Å². The van der Waals surface area contributed by atoms with E-state index in [1.54, 1.807) is 6.07 Å². The third-order valence-corrected chi connectivity index (χ3v) is 2.26. The monoisotopic (exact) mass is 220 g/mol. The van der Waals surface area contributed by atoms with Crippen molar-refractivity contribution in [2.45, 2.75) is 12.8 Å². The van der Waals surface area contributed by atoms with E-state index in [9.17, 15) is 9.18 Å². The number of rotatable bonds is 3. The minimum Gasteiger partial charge on any atom is -0.481 e. The standard InChI is InChI=1S/C11H9FN2O2/c12-7-1-2-8-9(3-4-11(15)16)13-6-14-10(8)5-7/h1-2,5-6H,3-4H2,(H,15,16). The van der Waals surface area contributed by atoms with Crippen molar-refractivity contribution in [3.63, 3.8) is 0 Å². The van der Waals surface area contributed by atoms with Crippen LogP contribution in [-0.2, 0) is 11.2 Å². The van der Waals surface area contributed by atoms with Crippen LogP contribution in [0.2, 0.25) is 0 Å². The van der Waals surface area contributed by atoms with Gasteiger partial charge >= 0.3 is 5.97 Å². The van der Waals surface area contributed by atoms with Crippen molar-refractivity contribution in [3.8, 4) is 0 Å². The molecule has 0 saturated heterocycles. The maximum Gasteiger partial charge on any atom is 0.303 e. The zero-order valence-corrected chi connectivity index (χ0v) is 8.35. The van der Waals surface area contributed by atoms with Crippen molar-refractivity contribution in [2.75, 3.05) is 0 Å². The zero-order chi connectivity index (χ0) is 11.5. The number of aliphatic carboxylic acids is 1. The summed E-state index contributed by atoms with van der Waals surface area (Å²) >= 11 is 0. The Balaban J connectivity index is 2.41. The average Bonchev–Trinajstić information content (AvgIpc) is 2.25. The topological polar surface area (TPSA) is 63.1 Å². The van der Waals surface area contributed by atoms with E-state index < -0.39 is 5.97 Å². The molecule has 0 spiro atoms. The SMILES string of the molecule is O=C(O)CCc1ncnc2cc(F)ccc12. The van der Waals surface area contributed by atoms with Gasteiger partial charge in [-0.25, -0.2) is 14.4 Å². The fourth-order valence-electron chi connectivity index (χ4n) is 1.51. The second kappa shape index (κ2) is 4.22. The van der Waals surface area contributed by atoms with Crippen LogP contribution in [0.15, 0.2) is 24.5 Å². The molecule has 0 atom stereocenters. The number of benzene rings is 1. The Kier molecular flexibility index (Phi) is 2.76. The second-order valence-corrected chi connectivity index (χ2v) is 3.38. The van der Waals surface area contributed by atoms with Crippen LogP contribution < -0.4 is 0 Å². The molecule has 0 saturated carbocycles. The van der Waals surface area contributed by atoms with Crippen LogP contribution >= 0.6 is 0 Å². The molecule has 1 aromatic carbocycles. The van der Waals surface area contributed by atoms with E-state index in [1.165, 1.54) is 18.5 Å². The Morgan fingerprint density at radius 1 is 1.38 bits per heavy atom. The van der Waals surface area contributed by atoms with Gasteiger partial charge in [0.15, 0.2) is 0 Å². The van der Waals surface area contributed by atoms with Gasteiger partial charge in [0.05, 0.1) is 17.6 Å². The van der Waals surface area contributed by atoms with Crippen molar-refractivity contribution < 1.29 is 14.3 Å². The number of hydrogen-bond acceptors (Lipinski definition) is 3. The number of hydrogen-bond donors (Lipinski definition) is 1. The van der Waals surface area contributed by atoms with Gasteiger partial charge in [-0.3, -0.25) is 4.79 Å². The molecule has 16 heavy (non-hydrogen) atoms. The Morgan fingerprint density at radius 3 is 2.94 bits per heavy atom. The lowest BCUT2D eigenvalue weighted by Crippen LogP contribution is -2.00. The summed E-state index contributed by atoms with van der Waals surface area (Å²) in [6.45, 7) is 0. The van der Waals surface area contributed by atoms with E-state index in [0.717, 1.165) is 0 Å². The summed E-state index contributed by atoms with van der Waals surface area (Å²) in [6, 6.07) is 4.19. The molecule has 0 radical (unpaired) electrons. The van der Waals surface area contributed by atoms with Crippen LogP contribution in [0, 0.1) is 5.82 Å². The van der Waals surface area contributed by atoms with Gasteiger partial charge in [0.25, 0.3) is 0 Å². The lowest BCUT2D eigenvalue weighted by molar-refractivity contribution is -0.136. The van der Waals surface area contributed by atoms with Gasteiger partial charge in [-0.05, 0) is 12.1 Å². The van der Waals surface area contributed by atoms with E-state index in [2.05, 4.69) is 9.97 Å². The van der Waals surface area contributed by atoms with Crippen LogP contribution in [0.1, 0.15) is 12.1 Å². The van der Waals surface area contributed by atoms with Crippen molar-refractivity contribution >= 4 is 16.9 Å². The van der Waals surface area contributed by atoms with Crippen LogP contribution in [0.3, 0.4) is 0 Å². The first-order chi connectivity index (χ1) is 7.66. The third kappa shape index (κ3) is 2.13. The summed E-state index contributed by atoms with van der Waals surface area (Å²) in [7, 11) is 0. The Labute approximate surface area is 90.8 Å². The van der Waals surface area contributed by atoms with Crippen molar-refractivity contribution in [2.24, 2.45) is 0 Å². The normalized spacial score (nSPS) is 10.6. The van der Waals surface area contributed by atoms with Gasteiger partial charge in [-0.1, -0.05) is 0 Å². The summed E-state index contributed by atoms with van der Waals surface area (Å²) < 4.78 is 12.9. The predicted octanol–water partition coefficient (Wildman–Crippen LogP) is 1.79. The lowest BCUT2D eigenvalue weighted by atomic mass is 10.1. The van der Waals surface area contributed by atoms with E-state index in [4.69, 9.17) is 5.11 Å². The molecular formula is C11H9FN2O2. The Bertz CT molecular complexity index is 542. The number of halogens is 1. The first kappa shape index (κ1) is 10.5. The number of fused-ring (bicyclic) bond motifs is 1. The van der Waals surface area contributed by atoms with Gasteiger partial charge in [0.2, 0.25) is 0 Å². The van der Waals surface area contributed by atoms with Crippen molar-refractivity contribution in [3.05, 3.63) is 36.0 Å². The average molecular weight is 220 g/mol. The first-order valence-electron chi connectivity index (χ1n) is 4.78. The molecule has 0 aliphatic rings. The molecule has 0 unspecified atom stereocenters. The number of aromatic nitrogens is 2. The van der Waals surface area contributed by atoms with Crippen LogP contribution in [0.5, 0.6) is 0 Å². The van der Waals surface area contributed by atoms with Crippen LogP contribution in [-0.4, -0.2) is 21.0 Å². The molecule has 0 bridgehead atoms. The van der Waals surface area contributed by atoms with Gasteiger partial charge in [-0.15, -0.1) is 0 Å². The number of nitrogens with zero attached hydrogens (tertiary/aromatic N) is 2. The summed E-state index contributed by atoms with van der Waals surface area (Å²) in [5.41, 5.74) is 1.13. The second-order valence-electron chi connectivity index (χ2n) is 3.38. The highest BCUT2D eigenvalue weighted by molar-refractivity contribution is 5.81. The fourth-order valence-corrected chi connectivity index (χ4v) is 1.51. The molecule has 1 N–H and O–H groups in total. The molecule has 4 nitrogen and oxygen atoms in total. The Morgan fingerprint density at radius 2 is 2.19 bits per heavy atom. The highest BCUT2D eigenvalue weighted by Crippen LogP contribution is 2.16. The van der Waals surface area contributed by atoms with E-state index in [-0.39, 0.29) is 12.2 Å². The summed E-state index contributed by atoms with van der Waals surface area (Å²) in [6.07, 6.45) is 1.64. The van der Waals surface area contributed by atoms with E-state index in [1.807, 2.05) is 0 Å². The fraction of sp³-hybridized carbons (Fsp3) is 0.182. The zero-order valence-electron chi connectivity index (χ0n) is 8.35. The molecule has 5 heteroatoms. The molecule has 2 aromatic rings. The van der Waals surface area contributed by atoms with Gasteiger partial charge < -0.3 is 5.11 Å². The molecule has 1 aromatic heterocycles. The minimum atomic E-state index is -0.881. The minimum absolute atomic E-state index is 0.00346. The molecule has 0 aliphatic heterocycles. The number of carboxylic acids is 1. The van der Waals surface area contributed by atoms with Crippen molar-refractivity contribution in [1.82, 2.24) is 9.97 Å². The molecule has 2 rings (SSSR count). The number of carboxylic acid groups (broad SMARTS) is 1. The molecule has 1 heterocycles. The molecule has 0 aliphatic carbocycles. The third-order valence-electron chi connectivity index (χ3n) is 2.26. The summed E-state index contributed by atoms with van der Waals surface area (Å²) in [4.78, 5) is 18.4. The maximum atomic E-state index is 12.9. The first-order valence-corrected chi connectivity index (χ1v) is 4.78. The molecule has 82 valence electrons. The molecular weight excluding hydrogens is 211 g/mol. The smallest absolute Gasteiger partial charge is 0.303 e. The van der Waals surface area contributed by atoms with Gasteiger partial charge in [0.1, 0.15) is 12.1 Å². The van der Waals surface area contributed by atoms with Crippen LogP contribution in [0.4, 0.5) is 4.39 Å². The quantitative estimate of drug-likeness (QED) is 0.856. The van der Waals surface area contributed by atoms with Crippen molar-refractivity contribution in [1.29, 1.82) is 0 Å². The van der Waals surface area contributed by atoms with Gasteiger partial charge in [0, 0.05) is 17.9 Å². The maximum absolute atomic E-state index is 12.9. The number of aryl methyl sites for hydroxylation is 1. The summed E-state index contributed by atoms with van der Waals surface area (Å²) in [5.74, 6) is -1.25. The molecule has 0 fully saturated rings. The number of carbonyl (C=O) groups is 1. The Hall–Kier alpha value is -2.04. The molecule has 0 amide bonds. The van der Waals surface area contributed by atoms with Crippen LogP contribution in [0.25, 0.3) is 10.9 Å². The highest BCUT2D eigenvalue weighted by atomic mass is 19.1. The van der Waals surface area contributed by atoms with E-state index in [0.29, 0.717) is 23.0 Å². The predicted molar refractivity (Wildman–Crippen MR) is 55.5 cm³/mol. The highest BCUT2D eigenvalue weighted by Gasteiger charge is 2.06.